The van der Waals surface area contributed by atoms with Crippen molar-refractivity contribution in [2.45, 2.75) is 19.8 Å². The van der Waals surface area contributed by atoms with Crippen molar-refractivity contribution in [3.05, 3.63) is 17.3 Å². The summed E-state index contributed by atoms with van der Waals surface area (Å²) >= 11 is 1.64. The Bertz CT molecular complexity index is 640. The van der Waals surface area contributed by atoms with Gasteiger partial charge < -0.3 is 9.64 Å². The van der Waals surface area contributed by atoms with Gasteiger partial charge >= 0.3 is 5.97 Å². The van der Waals surface area contributed by atoms with E-state index in [1.165, 1.54) is 7.11 Å². The van der Waals surface area contributed by atoms with Crippen LogP contribution in [0.4, 0.5) is 5.82 Å². The molecule has 0 aliphatic carbocycles. The Morgan fingerprint density at radius 1 is 1.55 bits per heavy atom. The Kier molecular flexibility index (Phi) is 3.56. The number of esters is 1. The summed E-state index contributed by atoms with van der Waals surface area (Å²) in [6.07, 6.45) is 1.49. The maximum Gasteiger partial charge on any atom is 0.305 e. The zero-order chi connectivity index (χ0) is 14.1. The molecule has 5 nitrogen and oxygen atoms in total. The Hall–Kier alpha value is -1.69. The molecule has 2 aromatic heterocycles. The fourth-order valence-corrected chi connectivity index (χ4v) is 3.50. The summed E-state index contributed by atoms with van der Waals surface area (Å²) < 4.78 is 4.75. The lowest BCUT2D eigenvalue weighted by atomic mass is 10.1. The topological polar surface area (TPSA) is 55.3 Å². The van der Waals surface area contributed by atoms with Crippen LogP contribution < -0.4 is 4.90 Å². The van der Waals surface area contributed by atoms with Crippen LogP contribution in [-0.4, -0.2) is 36.1 Å². The van der Waals surface area contributed by atoms with Crippen molar-refractivity contribution >= 4 is 33.3 Å². The van der Waals surface area contributed by atoms with Gasteiger partial charge in [-0.05, 0) is 30.7 Å². The number of anilines is 1. The summed E-state index contributed by atoms with van der Waals surface area (Å²) in [5.74, 6) is 2.02. The third kappa shape index (κ3) is 2.47. The molecule has 20 heavy (non-hydrogen) atoms. The number of aryl methyl sites for hydroxylation is 1. The van der Waals surface area contributed by atoms with Crippen molar-refractivity contribution in [1.29, 1.82) is 0 Å². The molecule has 1 fully saturated rings. The molecule has 0 aromatic carbocycles. The standard InChI is InChI=1S/C14H17N3O2S/c1-9-15-13(11-4-6-20-14(11)16-9)17-5-3-10(8-17)7-12(18)19-2/h4,6,10H,3,5,7-8H2,1-2H3/t10-/m0/s1. The summed E-state index contributed by atoms with van der Waals surface area (Å²) in [5.41, 5.74) is 0. The highest BCUT2D eigenvalue weighted by Crippen LogP contribution is 2.32. The molecule has 0 radical (unpaired) electrons. The number of thiophene rings is 1. The predicted octanol–water partition coefficient (Wildman–Crippen LogP) is 2.39. The molecule has 106 valence electrons. The van der Waals surface area contributed by atoms with Crippen LogP contribution in [0.5, 0.6) is 0 Å². The van der Waals surface area contributed by atoms with Crippen LogP contribution in [-0.2, 0) is 9.53 Å². The van der Waals surface area contributed by atoms with Crippen molar-refractivity contribution in [2.24, 2.45) is 5.92 Å². The first-order valence-electron chi connectivity index (χ1n) is 6.71. The van der Waals surface area contributed by atoms with Crippen LogP contribution in [0.15, 0.2) is 11.4 Å². The molecule has 2 aromatic rings. The number of ether oxygens (including phenoxy) is 1. The van der Waals surface area contributed by atoms with Crippen molar-refractivity contribution in [1.82, 2.24) is 9.97 Å². The number of hydrogen-bond donors (Lipinski definition) is 0. The summed E-state index contributed by atoms with van der Waals surface area (Å²) in [5, 5.41) is 3.16. The summed E-state index contributed by atoms with van der Waals surface area (Å²) in [4.78, 5) is 23.7. The van der Waals surface area contributed by atoms with E-state index in [9.17, 15) is 4.79 Å². The minimum absolute atomic E-state index is 0.128. The van der Waals surface area contributed by atoms with Gasteiger partial charge in [0.15, 0.2) is 0 Å². The molecular formula is C14H17N3O2S. The van der Waals surface area contributed by atoms with Crippen LogP contribution in [0.25, 0.3) is 10.2 Å². The number of methoxy groups -OCH3 is 1. The van der Waals surface area contributed by atoms with E-state index < -0.39 is 0 Å². The minimum Gasteiger partial charge on any atom is -0.469 e. The molecule has 6 heteroatoms. The van der Waals surface area contributed by atoms with Crippen LogP contribution in [0.1, 0.15) is 18.7 Å². The highest BCUT2D eigenvalue weighted by molar-refractivity contribution is 7.16. The van der Waals surface area contributed by atoms with Crippen molar-refractivity contribution < 1.29 is 9.53 Å². The van der Waals surface area contributed by atoms with E-state index in [0.717, 1.165) is 41.4 Å². The molecule has 1 aliphatic rings. The van der Waals surface area contributed by atoms with Gasteiger partial charge in [-0.3, -0.25) is 4.79 Å². The van der Waals surface area contributed by atoms with Gasteiger partial charge in [0.1, 0.15) is 16.5 Å². The van der Waals surface area contributed by atoms with Crippen molar-refractivity contribution in [3.8, 4) is 0 Å². The van der Waals surface area contributed by atoms with Crippen LogP contribution in [0, 0.1) is 12.8 Å². The molecule has 0 bridgehead atoms. The SMILES string of the molecule is COC(=O)C[C@@H]1CCN(c2nc(C)nc3sccc23)C1. The number of aromatic nitrogens is 2. The monoisotopic (exact) mass is 291 g/mol. The van der Waals surface area contributed by atoms with Crippen LogP contribution in [0.3, 0.4) is 0 Å². The smallest absolute Gasteiger partial charge is 0.305 e. The molecule has 1 aliphatic heterocycles. The molecule has 0 spiro atoms. The molecule has 0 N–H and O–H groups in total. The number of hydrogen-bond acceptors (Lipinski definition) is 6. The molecule has 0 amide bonds. The first-order valence-corrected chi connectivity index (χ1v) is 7.59. The second-order valence-corrected chi connectivity index (χ2v) is 6.01. The molecule has 1 saturated heterocycles. The number of fused-ring (bicyclic) bond motifs is 1. The van der Waals surface area contributed by atoms with Gasteiger partial charge in [0.25, 0.3) is 0 Å². The van der Waals surface area contributed by atoms with Crippen LogP contribution in [0.2, 0.25) is 0 Å². The summed E-state index contributed by atoms with van der Waals surface area (Å²) in [6.45, 7) is 3.71. The number of carbonyl (C=O) groups excluding carboxylic acids is 1. The second-order valence-electron chi connectivity index (χ2n) is 5.11. The lowest BCUT2D eigenvalue weighted by Crippen LogP contribution is -2.22. The lowest BCUT2D eigenvalue weighted by Gasteiger charge is -2.18. The minimum atomic E-state index is -0.128. The number of rotatable bonds is 3. The predicted molar refractivity (Wildman–Crippen MR) is 79.1 cm³/mol. The van der Waals surface area contributed by atoms with E-state index in [0.29, 0.717) is 12.3 Å². The Labute approximate surface area is 121 Å². The fraction of sp³-hybridized carbons (Fsp3) is 0.500. The third-order valence-corrected chi connectivity index (χ3v) is 4.49. The Morgan fingerprint density at radius 2 is 2.40 bits per heavy atom. The molecule has 0 saturated carbocycles. The summed E-state index contributed by atoms with van der Waals surface area (Å²) in [6, 6.07) is 2.07. The number of carbonyl (C=O) groups is 1. The first kappa shape index (κ1) is 13.3. The van der Waals surface area contributed by atoms with Gasteiger partial charge in [0, 0.05) is 13.1 Å². The van der Waals surface area contributed by atoms with E-state index >= 15 is 0 Å². The molecule has 3 rings (SSSR count). The Balaban J connectivity index is 1.82. The highest BCUT2D eigenvalue weighted by Gasteiger charge is 2.27. The molecule has 1 atom stereocenters. The molecular weight excluding hydrogens is 274 g/mol. The molecule has 3 heterocycles. The van der Waals surface area contributed by atoms with Crippen LogP contribution >= 0.6 is 11.3 Å². The number of nitrogens with zero attached hydrogens (tertiary/aromatic N) is 3. The summed E-state index contributed by atoms with van der Waals surface area (Å²) in [7, 11) is 1.44. The van der Waals surface area contributed by atoms with E-state index in [4.69, 9.17) is 4.74 Å². The lowest BCUT2D eigenvalue weighted by molar-refractivity contribution is -0.141. The van der Waals surface area contributed by atoms with E-state index in [1.54, 1.807) is 11.3 Å². The maximum absolute atomic E-state index is 11.4. The van der Waals surface area contributed by atoms with Gasteiger partial charge in [-0.2, -0.15) is 0 Å². The average molecular weight is 291 g/mol. The normalized spacial score (nSPS) is 18.7. The highest BCUT2D eigenvalue weighted by atomic mass is 32.1. The largest absolute Gasteiger partial charge is 0.469 e. The average Bonchev–Trinajstić information content (AvgIpc) is 3.06. The maximum atomic E-state index is 11.4. The first-order chi connectivity index (χ1) is 9.67. The quantitative estimate of drug-likeness (QED) is 0.813. The second kappa shape index (κ2) is 5.36. The van der Waals surface area contributed by atoms with Crippen molar-refractivity contribution in [3.63, 3.8) is 0 Å². The van der Waals surface area contributed by atoms with Crippen molar-refractivity contribution in [2.75, 3.05) is 25.1 Å². The van der Waals surface area contributed by atoms with E-state index in [2.05, 4.69) is 20.9 Å². The fourth-order valence-electron chi connectivity index (χ4n) is 2.70. The third-order valence-electron chi connectivity index (χ3n) is 3.69. The van der Waals surface area contributed by atoms with E-state index in [-0.39, 0.29) is 5.97 Å². The zero-order valence-corrected chi connectivity index (χ0v) is 12.4. The van der Waals surface area contributed by atoms with Gasteiger partial charge in [-0.25, -0.2) is 9.97 Å². The zero-order valence-electron chi connectivity index (χ0n) is 11.6. The Morgan fingerprint density at radius 3 is 3.20 bits per heavy atom. The van der Waals surface area contributed by atoms with Gasteiger partial charge in [0.05, 0.1) is 18.9 Å². The van der Waals surface area contributed by atoms with Gasteiger partial charge in [0.2, 0.25) is 0 Å². The molecule has 0 unspecified atom stereocenters. The van der Waals surface area contributed by atoms with Gasteiger partial charge in [-0.1, -0.05) is 0 Å². The van der Waals surface area contributed by atoms with Gasteiger partial charge in [-0.15, -0.1) is 11.3 Å². The van der Waals surface area contributed by atoms with E-state index in [1.807, 2.05) is 12.3 Å².